The summed E-state index contributed by atoms with van der Waals surface area (Å²) < 4.78 is 5.54. The number of methoxy groups -OCH3 is 1. The molecular formula is C15H24N2O. The molecule has 1 aromatic rings. The lowest BCUT2D eigenvalue weighted by molar-refractivity contribution is 0.113. The zero-order valence-corrected chi connectivity index (χ0v) is 11.9. The molecule has 3 nitrogen and oxygen atoms in total. The van der Waals surface area contributed by atoms with Crippen molar-refractivity contribution in [2.45, 2.75) is 19.4 Å². The fourth-order valence-electron chi connectivity index (χ4n) is 2.61. The van der Waals surface area contributed by atoms with E-state index in [-0.39, 0.29) is 0 Å². The summed E-state index contributed by atoms with van der Waals surface area (Å²) in [5.74, 6) is 1.01. The Bertz CT molecular complexity index is 405. The van der Waals surface area contributed by atoms with Crippen LogP contribution in [0.3, 0.4) is 0 Å². The molecule has 1 unspecified atom stereocenters. The molecule has 1 aliphatic rings. The van der Waals surface area contributed by atoms with Gasteiger partial charge in [0.1, 0.15) is 5.75 Å². The van der Waals surface area contributed by atoms with Gasteiger partial charge in [-0.15, -0.1) is 0 Å². The van der Waals surface area contributed by atoms with E-state index in [1.165, 1.54) is 11.1 Å². The quantitative estimate of drug-likeness (QED) is 0.815. The highest BCUT2D eigenvalue weighted by molar-refractivity contribution is 5.40. The molecule has 1 aliphatic heterocycles. The van der Waals surface area contributed by atoms with Crippen LogP contribution in [0.15, 0.2) is 18.2 Å². The highest BCUT2D eigenvalue weighted by atomic mass is 16.5. The van der Waals surface area contributed by atoms with Crippen LogP contribution in [0.1, 0.15) is 24.1 Å². The predicted molar refractivity (Wildman–Crippen MR) is 75.2 cm³/mol. The van der Waals surface area contributed by atoms with Crippen molar-refractivity contribution in [2.24, 2.45) is 0 Å². The predicted octanol–water partition coefficient (Wildman–Crippen LogP) is 2.18. The first kappa shape index (κ1) is 13.4. The van der Waals surface area contributed by atoms with Gasteiger partial charge >= 0.3 is 0 Å². The van der Waals surface area contributed by atoms with E-state index in [0.717, 1.165) is 31.8 Å². The average molecular weight is 248 g/mol. The maximum absolute atomic E-state index is 5.54. The Balaban J connectivity index is 2.34. The molecule has 1 fully saturated rings. The van der Waals surface area contributed by atoms with E-state index in [0.29, 0.717) is 6.04 Å². The summed E-state index contributed by atoms with van der Waals surface area (Å²) in [6.07, 6.45) is 1.07. The van der Waals surface area contributed by atoms with Gasteiger partial charge in [0.25, 0.3) is 0 Å². The average Bonchev–Trinajstić information content (AvgIpc) is 2.40. The summed E-state index contributed by atoms with van der Waals surface area (Å²) in [5.41, 5.74) is 2.71. The second-order valence-corrected chi connectivity index (χ2v) is 5.19. The minimum Gasteiger partial charge on any atom is -0.496 e. The molecule has 18 heavy (non-hydrogen) atoms. The molecule has 1 saturated heterocycles. The Morgan fingerprint density at radius 1 is 1.28 bits per heavy atom. The van der Waals surface area contributed by atoms with E-state index in [1.54, 1.807) is 7.11 Å². The monoisotopic (exact) mass is 248 g/mol. The lowest BCUT2D eigenvalue weighted by atomic mass is 9.98. The number of piperazine rings is 1. The first-order valence-electron chi connectivity index (χ1n) is 6.71. The van der Waals surface area contributed by atoms with Crippen LogP contribution in [-0.2, 0) is 6.42 Å². The summed E-state index contributed by atoms with van der Waals surface area (Å²) in [6, 6.07) is 7.01. The molecule has 2 rings (SSSR count). The molecule has 0 amide bonds. The summed E-state index contributed by atoms with van der Waals surface area (Å²) >= 11 is 0. The van der Waals surface area contributed by atoms with Gasteiger partial charge in [0.05, 0.1) is 13.2 Å². The van der Waals surface area contributed by atoms with Crippen LogP contribution >= 0.6 is 0 Å². The Morgan fingerprint density at radius 3 is 2.72 bits per heavy atom. The van der Waals surface area contributed by atoms with Crippen molar-refractivity contribution < 1.29 is 4.74 Å². The smallest absolute Gasteiger partial charge is 0.123 e. The number of rotatable bonds is 3. The number of nitrogens with zero attached hydrogens (tertiary/aromatic N) is 2. The topological polar surface area (TPSA) is 15.7 Å². The maximum atomic E-state index is 5.54. The number of ether oxygens (including phenoxy) is 1. The zero-order valence-electron chi connectivity index (χ0n) is 11.9. The minimum atomic E-state index is 0.435. The van der Waals surface area contributed by atoms with Crippen molar-refractivity contribution in [3.8, 4) is 5.75 Å². The molecular weight excluding hydrogens is 224 g/mol. The van der Waals surface area contributed by atoms with Crippen molar-refractivity contribution in [1.82, 2.24) is 9.80 Å². The standard InChI is InChI=1S/C15H24N2O/c1-5-12-6-7-15(18-4)13(10-12)14-11-16(2)8-9-17(14)3/h6-7,10,14H,5,8-9,11H2,1-4H3. The fourth-order valence-corrected chi connectivity index (χ4v) is 2.61. The Kier molecular flexibility index (Phi) is 4.25. The third-order valence-corrected chi connectivity index (χ3v) is 3.91. The van der Waals surface area contributed by atoms with Gasteiger partial charge in [-0.05, 0) is 32.1 Å². The summed E-state index contributed by atoms with van der Waals surface area (Å²) in [6.45, 7) is 5.52. The van der Waals surface area contributed by atoms with E-state index >= 15 is 0 Å². The fraction of sp³-hybridized carbons (Fsp3) is 0.600. The van der Waals surface area contributed by atoms with Crippen LogP contribution in [0.25, 0.3) is 0 Å². The number of aryl methyl sites for hydroxylation is 1. The van der Waals surface area contributed by atoms with Crippen molar-refractivity contribution in [3.63, 3.8) is 0 Å². The van der Waals surface area contributed by atoms with E-state index in [2.05, 4.69) is 49.0 Å². The molecule has 100 valence electrons. The van der Waals surface area contributed by atoms with Crippen molar-refractivity contribution in [3.05, 3.63) is 29.3 Å². The van der Waals surface area contributed by atoms with E-state index in [1.807, 2.05) is 0 Å². The normalized spacial score (nSPS) is 22.1. The van der Waals surface area contributed by atoms with Crippen LogP contribution in [0.5, 0.6) is 5.75 Å². The lowest BCUT2D eigenvalue weighted by Gasteiger charge is -2.38. The molecule has 1 aromatic carbocycles. The molecule has 0 radical (unpaired) electrons. The molecule has 3 heteroatoms. The number of likely N-dealkylation sites (N-methyl/N-ethyl adjacent to an activating group) is 2. The summed E-state index contributed by atoms with van der Waals surface area (Å²) in [5, 5.41) is 0. The van der Waals surface area contributed by atoms with E-state index in [9.17, 15) is 0 Å². The van der Waals surface area contributed by atoms with E-state index < -0.39 is 0 Å². The highest BCUT2D eigenvalue weighted by Gasteiger charge is 2.26. The van der Waals surface area contributed by atoms with Crippen molar-refractivity contribution in [2.75, 3.05) is 40.8 Å². The lowest BCUT2D eigenvalue weighted by Crippen LogP contribution is -2.44. The van der Waals surface area contributed by atoms with E-state index in [4.69, 9.17) is 4.74 Å². The van der Waals surface area contributed by atoms with Crippen LogP contribution < -0.4 is 4.74 Å². The third-order valence-electron chi connectivity index (χ3n) is 3.91. The maximum Gasteiger partial charge on any atom is 0.123 e. The van der Waals surface area contributed by atoms with Crippen molar-refractivity contribution in [1.29, 1.82) is 0 Å². The second kappa shape index (κ2) is 5.72. The van der Waals surface area contributed by atoms with Gasteiger partial charge < -0.3 is 9.64 Å². The first-order valence-corrected chi connectivity index (χ1v) is 6.71. The number of benzene rings is 1. The molecule has 1 atom stereocenters. The molecule has 0 bridgehead atoms. The number of hydrogen-bond acceptors (Lipinski definition) is 3. The van der Waals surface area contributed by atoms with Gasteiger partial charge in [0, 0.05) is 25.2 Å². The molecule has 0 spiro atoms. The molecule has 0 N–H and O–H groups in total. The van der Waals surface area contributed by atoms with Gasteiger partial charge in [-0.25, -0.2) is 0 Å². The van der Waals surface area contributed by atoms with Gasteiger partial charge in [-0.3, -0.25) is 4.90 Å². The van der Waals surface area contributed by atoms with Crippen LogP contribution in [-0.4, -0.2) is 50.6 Å². The van der Waals surface area contributed by atoms with Crippen LogP contribution in [0, 0.1) is 0 Å². The zero-order chi connectivity index (χ0) is 13.1. The largest absolute Gasteiger partial charge is 0.496 e. The first-order chi connectivity index (χ1) is 8.65. The van der Waals surface area contributed by atoms with Crippen LogP contribution in [0.4, 0.5) is 0 Å². The summed E-state index contributed by atoms with van der Waals surface area (Å²) in [4.78, 5) is 4.82. The van der Waals surface area contributed by atoms with Crippen LogP contribution in [0.2, 0.25) is 0 Å². The van der Waals surface area contributed by atoms with Gasteiger partial charge in [0.15, 0.2) is 0 Å². The molecule has 0 aliphatic carbocycles. The SMILES string of the molecule is CCc1ccc(OC)c(C2CN(C)CCN2C)c1. The Labute approximate surface area is 110 Å². The van der Waals surface area contributed by atoms with Gasteiger partial charge in [0.2, 0.25) is 0 Å². The van der Waals surface area contributed by atoms with Gasteiger partial charge in [-0.1, -0.05) is 19.1 Å². The van der Waals surface area contributed by atoms with Crippen molar-refractivity contribution >= 4 is 0 Å². The van der Waals surface area contributed by atoms with Gasteiger partial charge in [-0.2, -0.15) is 0 Å². The molecule has 1 heterocycles. The number of hydrogen-bond donors (Lipinski definition) is 0. The molecule has 0 aromatic heterocycles. The second-order valence-electron chi connectivity index (χ2n) is 5.19. The Hall–Kier alpha value is -1.06. The molecule has 0 saturated carbocycles. The summed E-state index contributed by atoms with van der Waals surface area (Å²) in [7, 11) is 6.16. The third kappa shape index (κ3) is 2.68. The minimum absolute atomic E-state index is 0.435. The highest BCUT2D eigenvalue weighted by Crippen LogP contribution is 2.31. The Morgan fingerprint density at radius 2 is 2.06 bits per heavy atom.